The lowest BCUT2D eigenvalue weighted by Gasteiger charge is -2.14. The van der Waals surface area contributed by atoms with Gasteiger partial charge in [0.25, 0.3) is 15.9 Å². The zero-order chi connectivity index (χ0) is 24.3. The molecule has 1 amide bonds. The van der Waals surface area contributed by atoms with Crippen LogP contribution in [0.25, 0.3) is 10.2 Å². The van der Waals surface area contributed by atoms with E-state index in [-0.39, 0.29) is 15.9 Å². The van der Waals surface area contributed by atoms with Crippen LogP contribution in [0.15, 0.2) is 65.6 Å². The van der Waals surface area contributed by atoms with Gasteiger partial charge in [0.2, 0.25) is 5.75 Å². The normalized spacial score (nSPS) is 11.1. The number of hydrogen-bond acceptors (Lipinski definition) is 8. The minimum Gasteiger partial charge on any atom is -0.493 e. The summed E-state index contributed by atoms with van der Waals surface area (Å²) < 4.78 is 44.2. The number of benzene rings is 3. The predicted octanol–water partition coefficient (Wildman–Crippen LogP) is 4.38. The number of aromatic nitrogens is 1. The monoisotopic (exact) mass is 499 g/mol. The molecule has 0 saturated carbocycles. The molecule has 0 fully saturated rings. The van der Waals surface area contributed by atoms with Crippen molar-refractivity contribution in [2.45, 2.75) is 4.90 Å². The summed E-state index contributed by atoms with van der Waals surface area (Å²) in [6.45, 7) is 0. The number of ether oxygens (including phenoxy) is 3. The Hall–Kier alpha value is -3.83. The van der Waals surface area contributed by atoms with Gasteiger partial charge in [-0.05, 0) is 42.5 Å². The number of amides is 1. The van der Waals surface area contributed by atoms with Gasteiger partial charge < -0.3 is 19.5 Å². The molecule has 1 aromatic heterocycles. The maximum atomic E-state index is 12.9. The highest BCUT2D eigenvalue weighted by atomic mass is 32.2. The number of methoxy groups -OCH3 is 3. The van der Waals surface area contributed by atoms with Crippen molar-refractivity contribution < 1.29 is 27.4 Å². The lowest BCUT2D eigenvalue weighted by Crippen LogP contribution is -2.12. The molecule has 11 heteroatoms. The van der Waals surface area contributed by atoms with Gasteiger partial charge in [-0.15, -0.1) is 0 Å². The van der Waals surface area contributed by atoms with Crippen LogP contribution in [-0.4, -0.2) is 40.6 Å². The van der Waals surface area contributed by atoms with Crippen LogP contribution in [0.5, 0.6) is 17.2 Å². The molecule has 4 rings (SSSR count). The number of nitrogens with one attached hydrogen (secondary N) is 2. The minimum absolute atomic E-state index is 0.146. The Morgan fingerprint density at radius 1 is 0.912 bits per heavy atom. The van der Waals surface area contributed by atoms with Crippen molar-refractivity contribution in [1.29, 1.82) is 0 Å². The first-order valence-corrected chi connectivity index (χ1v) is 12.2. The Bertz CT molecular complexity index is 1430. The minimum atomic E-state index is -3.75. The van der Waals surface area contributed by atoms with Crippen LogP contribution in [-0.2, 0) is 10.0 Å². The van der Waals surface area contributed by atoms with Crippen molar-refractivity contribution in [3.63, 3.8) is 0 Å². The Labute approximate surface area is 200 Å². The van der Waals surface area contributed by atoms with Gasteiger partial charge in [-0.25, -0.2) is 13.4 Å². The second-order valence-electron chi connectivity index (χ2n) is 6.99. The van der Waals surface area contributed by atoms with E-state index in [0.717, 1.165) is 11.3 Å². The van der Waals surface area contributed by atoms with Gasteiger partial charge in [0, 0.05) is 11.3 Å². The van der Waals surface area contributed by atoms with Crippen LogP contribution < -0.4 is 24.2 Å². The van der Waals surface area contributed by atoms with Gasteiger partial charge in [0.15, 0.2) is 16.6 Å². The van der Waals surface area contributed by atoms with E-state index in [1.54, 1.807) is 48.5 Å². The quantitative estimate of drug-likeness (QED) is 0.370. The Morgan fingerprint density at radius 3 is 2.21 bits per heavy atom. The molecule has 0 unspecified atom stereocenters. The fourth-order valence-electron chi connectivity index (χ4n) is 3.23. The smallest absolute Gasteiger partial charge is 0.263 e. The molecular formula is C23H21N3O6S2. The van der Waals surface area contributed by atoms with Crippen LogP contribution >= 0.6 is 11.3 Å². The third kappa shape index (κ3) is 4.75. The molecule has 176 valence electrons. The zero-order valence-electron chi connectivity index (χ0n) is 18.5. The summed E-state index contributed by atoms with van der Waals surface area (Å²) in [6, 6.07) is 16.3. The molecule has 0 aliphatic rings. The first-order chi connectivity index (χ1) is 16.3. The van der Waals surface area contributed by atoms with Crippen LogP contribution in [0.3, 0.4) is 0 Å². The van der Waals surface area contributed by atoms with Crippen molar-refractivity contribution in [3.8, 4) is 17.2 Å². The van der Waals surface area contributed by atoms with Crippen LogP contribution in [0.1, 0.15) is 10.4 Å². The largest absolute Gasteiger partial charge is 0.493 e. The highest BCUT2D eigenvalue weighted by Crippen LogP contribution is 2.38. The Kier molecular flexibility index (Phi) is 6.57. The van der Waals surface area contributed by atoms with Gasteiger partial charge in [0.1, 0.15) is 0 Å². The number of anilines is 2. The number of fused-ring (bicyclic) bond motifs is 1. The van der Waals surface area contributed by atoms with E-state index >= 15 is 0 Å². The average Bonchev–Trinajstić information content (AvgIpc) is 3.24. The second-order valence-corrected chi connectivity index (χ2v) is 9.70. The number of carbonyl (C=O) groups is 1. The summed E-state index contributed by atoms with van der Waals surface area (Å²) >= 11 is 1.16. The molecular weight excluding hydrogens is 478 g/mol. The number of thiazole rings is 1. The van der Waals surface area contributed by atoms with E-state index in [1.807, 2.05) is 0 Å². The van der Waals surface area contributed by atoms with Gasteiger partial charge in [-0.2, -0.15) is 0 Å². The third-order valence-electron chi connectivity index (χ3n) is 4.85. The third-order valence-corrected chi connectivity index (χ3v) is 7.27. The molecule has 34 heavy (non-hydrogen) atoms. The lowest BCUT2D eigenvalue weighted by atomic mass is 10.1. The number of carbonyl (C=O) groups excluding carboxylic acids is 1. The lowest BCUT2D eigenvalue weighted by molar-refractivity contribution is 0.102. The van der Waals surface area contributed by atoms with Crippen molar-refractivity contribution in [1.82, 2.24) is 4.98 Å². The van der Waals surface area contributed by atoms with Gasteiger partial charge in [-0.1, -0.05) is 29.5 Å². The maximum Gasteiger partial charge on any atom is 0.263 e. The summed E-state index contributed by atoms with van der Waals surface area (Å²) in [5.74, 6) is 0.728. The van der Waals surface area contributed by atoms with Gasteiger partial charge in [0.05, 0.1) is 36.4 Å². The molecule has 0 bridgehead atoms. The van der Waals surface area contributed by atoms with E-state index in [4.69, 9.17) is 14.2 Å². The van der Waals surface area contributed by atoms with Crippen molar-refractivity contribution in [3.05, 3.63) is 66.2 Å². The summed E-state index contributed by atoms with van der Waals surface area (Å²) in [5, 5.41) is 3.05. The molecule has 4 aromatic rings. The molecule has 0 spiro atoms. The summed E-state index contributed by atoms with van der Waals surface area (Å²) in [6.07, 6.45) is 0. The van der Waals surface area contributed by atoms with Crippen molar-refractivity contribution >= 4 is 48.3 Å². The standard InChI is InChI=1S/C23H21N3O6S2/c1-30-18-11-14(12-19(31-2)21(18)32-3)22(27)24-15-9-10-17-20(13-15)33-23(25-17)26-34(28,29)16-7-5-4-6-8-16/h4-13H,1-3H3,(H,24,27)(H,25,26). The molecule has 3 aromatic carbocycles. The van der Waals surface area contributed by atoms with Crippen molar-refractivity contribution in [2.75, 3.05) is 31.4 Å². The predicted molar refractivity (Wildman–Crippen MR) is 131 cm³/mol. The first kappa shape index (κ1) is 23.3. The molecule has 1 heterocycles. The van der Waals surface area contributed by atoms with Gasteiger partial charge in [-0.3, -0.25) is 9.52 Å². The topological polar surface area (TPSA) is 116 Å². The average molecular weight is 500 g/mol. The SMILES string of the molecule is COc1cc(C(=O)Nc2ccc3nc(NS(=O)(=O)c4ccccc4)sc3c2)cc(OC)c1OC. The van der Waals surface area contributed by atoms with E-state index in [1.165, 1.54) is 33.5 Å². The molecule has 0 atom stereocenters. The highest BCUT2D eigenvalue weighted by Gasteiger charge is 2.19. The fraction of sp³-hybridized carbons (Fsp3) is 0.130. The molecule has 0 radical (unpaired) electrons. The number of rotatable bonds is 8. The summed E-state index contributed by atoms with van der Waals surface area (Å²) in [4.78, 5) is 17.3. The van der Waals surface area contributed by atoms with Crippen LogP contribution in [0.2, 0.25) is 0 Å². The van der Waals surface area contributed by atoms with E-state index in [9.17, 15) is 13.2 Å². The van der Waals surface area contributed by atoms with Crippen molar-refractivity contribution in [2.24, 2.45) is 0 Å². The number of hydrogen-bond donors (Lipinski definition) is 2. The summed E-state index contributed by atoms with van der Waals surface area (Å²) in [5.41, 5.74) is 1.43. The fourth-order valence-corrected chi connectivity index (χ4v) is 5.40. The zero-order valence-corrected chi connectivity index (χ0v) is 20.1. The highest BCUT2D eigenvalue weighted by molar-refractivity contribution is 7.93. The molecule has 0 aliphatic carbocycles. The van der Waals surface area contributed by atoms with E-state index in [2.05, 4.69) is 15.0 Å². The Morgan fingerprint density at radius 2 is 1.59 bits per heavy atom. The number of sulfonamides is 1. The summed E-state index contributed by atoms with van der Waals surface area (Å²) in [7, 11) is 0.679. The molecule has 2 N–H and O–H groups in total. The molecule has 0 saturated heterocycles. The maximum absolute atomic E-state index is 12.9. The van der Waals surface area contributed by atoms with Crippen LogP contribution in [0.4, 0.5) is 10.8 Å². The second kappa shape index (κ2) is 9.57. The molecule has 9 nitrogen and oxygen atoms in total. The van der Waals surface area contributed by atoms with E-state index < -0.39 is 10.0 Å². The van der Waals surface area contributed by atoms with Crippen LogP contribution in [0, 0.1) is 0 Å². The number of nitrogens with zero attached hydrogens (tertiary/aromatic N) is 1. The van der Waals surface area contributed by atoms with Gasteiger partial charge >= 0.3 is 0 Å². The Balaban J connectivity index is 1.56. The molecule has 0 aliphatic heterocycles. The first-order valence-electron chi connectivity index (χ1n) is 9.94. The van der Waals surface area contributed by atoms with E-state index in [0.29, 0.717) is 38.7 Å².